The summed E-state index contributed by atoms with van der Waals surface area (Å²) < 4.78 is 0. The number of thiazole rings is 2. The molecule has 0 aromatic carbocycles. The first kappa shape index (κ1) is 8.80. The highest BCUT2D eigenvalue weighted by Crippen LogP contribution is 2.31. The monoisotopic (exact) mass is 211 g/mol. The van der Waals surface area contributed by atoms with Gasteiger partial charge in [0, 0.05) is 12.7 Å². The van der Waals surface area contributed by atoms with Gasteiger partial charge in [-0.3, -0.25) is 4.98 Å². The van der Waals surface area contributed by atoms with E-state index in [9.17, 15) is 0 Å². The van der Waals surface area contributed by atoms with Crippen LogP contribution in [0.25, 0.3) is 9.75 Å². The third-order valence-electron chi connectivity index (χ3n) is 1.67. The van der Waals surface area contributed by atoms with Gasteiger partial charge in [-0.2, -0.15) is 0 Å². The Kier molecular flexibility index (Phi) is 2.39. The van der Waals surface area contributed by atoms with Crippen molar-refractivity contribution in [3.05, 3.63) is 22.4 Å². The average Bonchev–Trinajstić information content (AvgIpc) is 2.72. The van der Waals surface area contributed by atoms with Crippen LogP contribution in [-0.4, -0.2) is 9.97 Å². The van der Waals surface area contributed by atoms with Gasteiger partial charge in [0.25, 0.3) is 0 Å². The summed E-state index contributed by atoms with van der Waals surface area (Å²) in [5, 5.41) is 0.987. The van der Waals surface area contributed by atoms with Crippen LogP contribution < -0.4 is 5.73 Å². The first-order valence-electron chi connectivity index (χ1n) is 3.86. The normalized spacial score (nSPS) is 10.6. The summed E-state index contributed by atoms with van der Waals surface area (Å²) in [5.41, 5.74) is 8.40. The van der Waals surface area contributed by atoms with Gasteiger partial charge in [-0.15, -0.1) is 22.7 Å². The zero-order valence-corrected chi connectivity index (χ0v) is 8.78. The second-order valence-electron chi connectivity index (χ2n) is 2.59. The minimum Gasteiger partial charge on any atom is -0.325 e. The molecule has 0 aliphatic carbocycles. The number of hydrogen-bond acceptors (Lipinski definition) is 5. The number of rotatable bonds is 2. The van der Waals surface area contributed by atoms with Gasteiger partial charge in [0.2, 0.25) is 0 Å². The molecule has 0 amide bonds. The van der Waals surface area contributed by atoms with Crippen LogP contribution in [0, 0.1) is 6.92 Å². The topological polar surface area (TPSA) is 51.8 Å². The highest BCUT2D eigenvalue weighted by Gasteiger charge is 2.09. The van der Waals surface area contributed by atoms with Gasteiger partial charge in [-0.25, -0.2) is 4.98 Å². The smallest absolute Gasteiger partial charge is 0.107 e. The van der Waals surface area contributed by atoms with Crippen molar-refractivity contribution in [2.75, 3.05) is 0 Å². The third-order valence-corrected chi connectivity index (χ3v) is 3.80. The lowest BCUT2D eigenvalue weighted by Gasteiger charge is -1.88. The number of nitrogens with zero attached hydrogens (tertiary/aromatic N) is 2. The molecule has 68 valence electrons. The SMILES string of the molecule is Cc1nc(CN)sc1-c1cncs1. The van der Waals surface area contributed by atoms with E-state index >= 15 is 0 Å². The quantitative estimate of drug-likeness (QED) is 0.827. The maximum atomic E-state index is 5.52. The Balaban J connectivity index is 2.46. The van der Waals surface area contributed by atoms with E-state index in [1.165, 1.54) is 9.75 Å². The molecule has 2 aromatic heterocycles. The second-order valence-corrected chi connectivity index (χ2v) is 4.56. The van der Waals surface area contributed by atoms with E-state index in [1.54, 1.807) is 22.7 Å². The summed E-state index contributed by atoms with van der Waals surface area (Å²) in [4.78, 5) is 10.8. The Morgan fingerprint density at radius 2 is 2.38 bits per heavy atom. The van der Waals surface area contributed by atoms with Crippen molar-refractivity contribution >= 4 is 22.7 Å². The molecular weight excluding hydrogens is 202 g/mol. The predicted octanol–water partition coefficient (Wildman–Crippen LogP) is 2.03. The Bertz CT molecular complexity index is 391. The molecule has 2 rings (SSSR count). The highest BCUT2D eigenvalue weighted by molar-refractivity contribution is 7.21. The van der Waals surface area contributed by atoms with Gasteiger partial charge in [-0.1, -0.05) is 0 Å². The molecule has 0 unspecified atom stereocenters. The molecule has 0 aliphatic rings. The van der Waals surface area contributed by atoms with Crippen LogP contribution in [0.15, 0.2) is 11.7 Å². The van der Waals surface area contributed by atoms with Gasteiger partial charge >= 0.3 is 0 Å². The molecular formula is C8H9N3S2. The van der Waals surface area contributed by atoms with Crippen molar-refractivity contribution in [2.24, 2.45) is 5.73 Å². The third kappa shape index (κ3) is 1.63. The lowest BCUT2D eigenvalue weighted by molar-refractivity contribution is 1.02. The average molecular weight is 211 g/mol. The molecule has 0 bridgehead atoms. The summed E-state index contributed by atoms with van der Waals surface area (Å²) in [5.74, 6) is 0. The van der Waals surface area contributed by atoms with Crippen LogP contribution in [0.2, 0.25) is 0 Å². The molecule has 5 heteroatoms. The number of hydrogen-bond donors (Lipinski definition) is 1. The molecule has 0 radical (unpaired) electrons. The van der Waals surface area contributed by atoms with E-state index in [1.807, 2.05) is 18.6 Å². The highest BCUT2D eigenvalue weighted by atomic mass is 32.1. The molecule has 0 aliphatic heterocycles. The molecule has 3 nitrogen and oxygen atoms in total. The zero-order valence-electron chi connectivity index (χ0n) is 7.15. The largest absolute Gasteiger partial charge is 0.325 e. The van der Waals surface area contributed by atoms with Gasteiger partial charge in [0.15, 0.2) is 0 Å². The van der Waals surface area contributed by atoms with Crippen molar-refractivity contribution < 1.29 is 0 Å². The fourth-order valence-electron chi connectivity index (χ4n) is 1.10. The van der Waals surface area contributed by atoms with E-state index in [4.69, 9.17) is 5.73 Å². The molecule has 0 atom stereocenters. The number of nitrogens with two attached hydrogens (primary N) is 1. The van der Waals surface area contributed by atoms with Crippen molar-refractivity contribution in [3.63, 3.8) is 0 Å². The Labute approximate surface area is 84.3 Å². The first-order valence-corrected chi connectivity index (χ1v) is 5.56. The lowest BCUT2D eigenvalue weighted by Crippen LogP contribution is -1.94. The van der Waals surface area contributed by atoms with E-state index in [2.05, 4.69) is 9.97 Å². The second kappa shape index (κ2) is 3.53. The minimum atomic E-state index is 0.518. The van der Waals surface area contributed by atoms with E-state index in [0.29, 0.717) is 6.54 Å². The Morgan fingerprint density at radius 1 is 1.54 bits per heavy atom. The molecule has 2 heterocycles. The van der Waals surface area contributed by atoms with Crippen molar-refractivity contribution in [1.29, 1.82) is 0 Å². The molecule has 2 N–H and O–H groups in total. The van der Waals surface area contributed by atoms with Gasteiger partial charge in [0.05, 0.1) is 21.0 Å². The molecule has 0 spiro atoms. The lowest BCUT2D eigenvalue weighted by atomic mass is 10.3. The maximum absolute atomic E-state index is 5.52. The minimum absolute atomic E-state index is 0.518. The van der Waals surface area contributed by atoms with Crippen LogP contribution in [0.3, 0.4) is 0 Å². The van der Waals surface area contributed by atoms with Crippen LogP contribution >= 0.6 is 22.7 Å². The van der Waals surface area contributed by atoms with Crippen molar-refractivity contribution in [2.45, 2.75) is 13.5 Å². The van der Waals surface area contributed by atoms with Crippen LogP contribution in [-0.2, 0) is 6.54 Å². The maximum Gasteiger partial charge on any atom is 0.107 e. The molecule has 0 fully saturated rings. The molecule has 0 saturated heterocycles. The van der Waals surface area contributed by atoms with Crippen LogP contribution in [0.1, 0.15) is 10.7 Å². The van der Waals surface area contributed by atoms with Gasteiger partial charge in [-0.05, 0) is 6.92 Å². The number of aryl methyl sites for hydroxylation is 1. The summed E-state index contributed by atoms with van der Waals surface area (Å²) in [6.07, 6.45) is 1.87. The standard InChI is InChI=1S/C8H9N3S2/c1-5-8(6-3-10-4-12-6)13-7(2-9)11-5/h3-4H,2,9H2,1H3. The summed E-state index contributed by atoms with van der Waals surface area (Å²) in [6, 6.07) is 0. The Hall–Kier alpha value is -0.780. The van der Waals surface area contributed by atoms with Crippen LogP contribution in [0.4, 0.5) is 0 Å². The predicted molar refractivity (Wildman–Crippen MR) is 55.9 cm³/mol. The zero-order chi connectivity index (χ0) is 9.26. The van der Waals surface area contributed by atoms with E-state index in [-0.39, 0.29) is 0 Å². The van der Waals surface area contributed by atoms with Crippen LogP contribution in [0.5, 0.6) is 0 Å². The summed E-state index contributed by atoms with van der Waals surface area (Å²) in [7, 11) is 0. The fourth-order valence-corrected chi connectivity index (χ4v) is 2.83. The molecule has 13 heavy (non-hydrogen) atoms. The fraction of sp³-hybridized carbons (Fsp3) is 0.250. The molecule has 0 saturated carbocycles. The summed E-state index contributed by atoms with van der Waals surface area (Å²) in [6.45, 7) is 2.52. The van der Waals surface area contributed by atoms with E-state index < -0.39 is 0 Å². The van der Waals surface area contributed by atoms with Crippen molar-refractivity contribution in [3.8, 4) is 9.75 Å². The summed E-state index contributed by atoms with van der Waals surface area (Å²) >= 11 is 3.28. The van der Waals surface area contributed by atoms with E-state index in [0.717, 1.165) is 10.7 Å². The van der Waals surface area contributed by atoms with Crippen molar-refractivity contribution in [1.82, 2.24) is 9.97 Å². The Morgan fingerprint density at radius 3 is 2.92 bits per heavy atom. The van der Waals surface area contributed by atoms with Gasteiger partial charge in [0.1, 0.15) is 5.01 Å². The molecule has 2 aromatic rings. The number of aromatic nitrogens is 2. The first-order chi connectivity index (χ1) is 6.31. The van der Waals surface area contributed by atoms with Gasteiger partial charge < -0.3 is 5.73 Å².